The lowest BCUT2D eigenvalue weighted by Gasteiger charge is -2.10. The molecular formula is C17H23N3O2. The topological polar surface area (TPSA) is 56.2 Å². The number of anilines is 1. The smallest absolute Gasteiger partial charge is 0.226 e. The molecule has 1 aromatic heterocycles. The van der Waals surface area contributed by atoms with Crippen molar-refractivity contribution in [1.29, 1.82) is 0 Å². The van der Waals surface area contributed by atoms with Gasteiger partial charge in [-0.2, -0.15) is 0 Å². The van der Waals surface area contributed by atoms with Gasteiger partial charge in [-0.15, -0.1) is 6.58 Å². The fraction of sp³-hybridized carbons (Fsp3) is 0.412. The molecule has 0 atom stereocenters. The number of rotatable bonds is 9. The standard InChI is InChI=1S/C17H23N3O2/c1-3-5-11-16(21)19-17-18-14-9-6-7-10-15(14)20(17)12-8-13-22-4-2/h3,6-7,9-10H,1,4-5,8,11-13H2,2H3,(H,18,19,21). The van der Waals surface area contributed by atoms with E-state index in [9.17, 15) is 4.79 Å². The highest BCUT2D eigenvalue weighted by atomic mass is 16.5. The normalized spacial score (nSPS) is 10.8. The molecule has 1 heterocycles. The van der Waals surface area contributed by atoms with Gasteiger partial charge in [-0.3, -0.25) is 10.1 Å². The first-order valence-electron chi connectivity index (χ1n) is 7.70. The average molecular weight is 301 g/mol. The monoisotopic (exact) mass is 301 g/mol. The van der Waals surface area contributed by atoms with Crippen LogP contribution in [0.25, 0.3) is 11.0 Å². The quantitative estimate of drug-likeness (QED) is 0.570. The molecule has 0 spiro atoms. The summed E-state index contributed by atoms with van der Waals surface area (Å²) in [6, 6.07) is 7.89. The van der Waals surface area contributed by atoms with Crippen molar-refractivity contribution in [2.45, 2.75) is 32.7 Å². The second-order valence-electron chi connectivity index (χ2n) is 5.00. The molecule has 22 heavy (non-hydrogen) atoms. The van der Waals surface area contributed by atoms with Crippen molar-refractivity contribution in [3.63, 3.8) is 0 Å². The van der Waals surface area contributed by atoms with Gasteiger partial charge in [-0.05, 0) is 31.9 Å². The van der Waals surface area contributed by atoms with Gasteiger partial charge >= 0.3 is 0 Å². The maximum absolute atomic E-state index is 11.9. The Labute approximate surface area is 131 Å². The highest BCUT2D eigenvalue weighted by molar-refractivity contribution is 5.91. The molecule has 5 nitrogen and oxygen atoms in total. The van der Waals surface area contributed by atoms with Crippen molar-refractivity contribution < 1.29 is 9.53 Å². The van der Waals surface area contributed by atoms with Gasteiger partial charge in [0.05, 0.1) is 11.0 Å². The van der Waals surface area contributed by atoms with Crippen LogP contribution in [0.15, 0.2) is 36.9 Å². The second-order valence-corrected chi connectivity index (χ2v) is 5.00. The van der Waals surface area contributed by atoms with Crippen LogP contribution in [0.2, 0.25) is 0 Å². The van der Waals surface area contributed by atoms with E-state index in [4.69, 9.17) is 4.74 Å². The van der Waals surface area contributed by atoms with Crippen LogP contribution < -0.4 is 5.32 Å². The number of fused-ring (bicyclic) bond motifs is 1. The number of carbonyl (C=O) groups is 1. The summed E-state index contributed by atoms with van der Waals surface area (Å²) < 4.78 is 7.43. The predicted molar refractivity (Wildman–Crippen MR) is 88.9 cm³/mol. The molecule has 0 saturated heterocycles. The summed E-state index contributed by atoms with van der Waals surface area (Å²) in [6.45, 7) is 7.80. The molecule has 0 aliphatic rings. The Bertz CT molecular complexity index is 634. The second kappa shape index (κ2) is 8.34. The minimum atomic E-state index is -0.0405. The lowest BCUT2D eigenvalue weighted by Crippen LogP contribution is -2.16. The zero-order valence-electron chi connectivity index (χ0n) is 13.0. The Balaban J connectivity index is 2.16. The van der Waals surface area contributed by atoms with Crippen LogP contribution in [0.4, 0.5) is 5.95 Å². The number of nitrogens with zero attached hydrogens (tertiary/aromatic N) is 2. The summed E-state index contributed by atoms with van der Waals surface area (Å²) in [5, 5.41) is 2.90. The van der Waals surface area contributed by atoms with Crippen molar-refractivity contribution in [2.24, 2.45) is 0 Å². The van der Waals surface area contributed by atoms with Crippen LogP contribution in [0, 0.1) is 0 Å². The first-order chi connectivity index (χ1) is 10.8. The lowest BCUT2D eigenvalue weighted by atomic mass is 10.3. The van der Waals surface area contributed by atoms with Gasteiger partial charge in [0.15, 0.2) is 0 Å². The van der Waals surface area contributed by atoms with E-state index in [0.717, 1.165) is 30.6 Å². The number of carbonyl (C=O) groups excluding carboxylic acids is 1. The van der Waals surface area contributed by atoms with Crippen molar-refractivity contribution >= 4 is 22.9 Å². The summed E-state index contributed by atoms with van der Waals surface area (Å²) in [4.78, 5) is 16.5. The van der Waals surface area contributed by atoms with E-state index in [1.165, 1.54) is 0 Å². The van der Waals surface area contributed by atoms with Gasteiger partial charge < -0.3 is 9.30 Å². The maximum Gasteiger partial charge on any atom is 0.226 e. The minimum absolute atomic E-state index is 0.0405. The molecule has 0 bridgehead atoms. The van der Waals surface area contributed by atoms with Crippen LogP contribution in [0.3, 0.4) is 0 Å². The third-order valence-corrected chi connectivity index (χ3v) is 3.36. The van der Waals surface area contributed by atoms with E-state index in [1.54, 1.807) is 6.08 Å². The van der Waals surface area contributed by atoms with Crippen LogP contribution in [-0.2, 0) is 16.1 Å². The first-order valence-corrected chi connectivity index (χ1v) is 7.70. The van der Waals surface area contributed by atoms with Crippen molar-refractivity contribution in [3.05, 3.63) is 36.9 Å². The zero-order valence-corrected chi connectivity index (χ0v) is 13.0. The van der Waals surface area contributed by atoms with Crippen molar-refractivity contribution in [3.8, 4) is 0 Å². The molecule has 1 N–H and O–H groups in total. The summed E-state index contributed by atoms with van der Waals surface area (Å²) in [6.07, 6.45) is 3.70. The largest absolute Gasteiger partial charge is 0.382 e. The van der Waals surface area contributed by atoms with Crippen molar-refractivity contribution in [2.75, 3.05) is 18.5 Å². The van der Waals surface area contributed by atoms with E-state index in [-0.39, 0.29) is 5.91 Å². The molecule has 0 saturated carbocycles. The van der Waals surface area contributed by atoms with E-state index >= 15 is 0 Å². The minimum Gasteiger partial charge on any atom is -0.382 e. The molecule has 0 fully saturated rings. The number of nitrogens with one attached hydrogen (secondary N) is 1. The third kappa shape index (κ3) is 4.18. The van der Waals surface area contributed by atoms with Crippen LogP contribution in [0.1, 0.15) is 26.2 Å². The predicted octanol–water partition coefficient (Wildman–Crippen LogP) is 3.37. The Morgan fingerprint density at radius 2 is 2.27 bits per heavy atom. The van der Waals surface area contributed by atoms with Crippen LogP contribution in [-0.4, -0.2) is 28.7 Å². The van der Waals surface area contributed by atoms with E-state index in [2.05, 4.69) is 16.9 Å². The number of imidazole rings is 1. The Hall–Kier alpha value is -2.14. The fourth-order valence-electron chi connectivity index (χ4n) is 2.29. The van der Waals surface area contributed by atoms with Gasteiger partial charge in [-0.1, -0.05) is 18.2 Å². The molecule has 2 aromatic rings. The molecule has 118 valence electrons. The number of allylic oxidation sites excluding steroid dienone is 1. The average Bonchev–Trinajstić information content (AvgIpc) is 2.87. The Morgan fingerprint density at radius 1 is 1.45 bits per heavy atom. The molecule has 0 aliphatic heterocycles. The maximum atomic E-state index is 11.9. The number of benzene rings is 1. The van der Waals surface area contributed by atoms with E-state index in [1.807, 2.05) is 35.8 Å². The zero-order chi connectivity index (χ0) is 15.8. The highest BCUT2D eigenvalue weighted by Gasteiger charge is 2.12. The molecule has 5 heteroatoms. The Morgan fingerprint density at radius 3 is 3.05 bits per heavy atom. The number of hydrogen-bond acceptors (Lipinski definition) is 3. The van der Waals surface area contributed by atoms with Gasteiger partial charge in [0.2, 0.25) is 11.9 Å². The SMILES string of the molecule is C=CCCC(=O)Nc1nc2ccccc2n1CCCOCC. The molecule has 2 rings (SSSR count). The molecule has 1 amide bonds. The highest BCUT2D eigenvalue weighted by Crippen LogP contribution is 2.20. The van der Waals surface area contributed by atoms with Crippen LogP contribution >= 0.6 is 0 Å². The molecule has 0 radical (unpaired) electrons. The first kappa shape index (κ1) is 16.2. The number of aryl methyl sites for hydroxylation is 1. The van der Waals surface area contributed by atoms with E-state index in [0.29, 0.717) is 25.4 Å². The molecular weight excluding hydrogens is 278 g/mol. The number of amides is 1. The van der Waals surface area contributed by atoms with Gasteiger partial charge in [0.25, 0.3) is 0 Å². The summed E-state index contributed by atoms with van der Waals surface area (Å²) in [7, 11) is 0. The third-order valence-electron chi connectivity index (χ3n) is 3.36. The molecule has 0 aliphatic carbocycles. The summed E-state index contributed by atoms with van der Waals surface area (Å²) >= 11 is 0. The van der Waals surface area contributed by atoms with Crippen LogP contribution in [0.5, 0.6) is 0 Å². The number of hydrogen-bond donors (Lipinski definition) is 1. The molecule has 0 unspecified atom stereocenters. The summed E-state index contributed by atoms with van der Waals surface area (Å²) in [5.74, 6) is 0.563. The van der Waals surface area contributed by atoms with Crippen molar-refractivity contribution in [1.82, 2.24) is 9.55 Å². The number of aromatic nitrogens is 2. The van der Waals surface area contributed by atoms with Gasteiger partial charge in [0.1, 0.15) is 0 Å². The van der Waals surface area contributed by atoms with Gasteiger partial charge in [0, 0.05) is 26.2 Å². The van der Waals surface area contributed by atoms with Gasteiger partial charge in [-0.25, -0.2) is 4.98 Å². The molecule has 1 aromatic carbocycles. The Kier molecular flexibility index (Phi) is 6.15. The van der Waals surface area contributed by atoms with E-state index < -0.39 is 0 Å². The summed E-state index contributed by atoms with van der Waals surface area (Å²) in [5.41, 5.74) is 1.91. The fourth-order valence-corrected chi connectivity index (χ4v) is 2.29. The number of ether oxygens (including phenoxy) is 1. The lowest BCUT2D eigenvalue weighted by molar-refractivity contribution is -0.116. The number of para-hydroxylation sites is 2.